The molecule has 226 valence electrons. The van der Waals surface area contributed by atoms with Crippen molar-refractivity contribution < 1.29 is 39.2 Å². The molecule has 0 spiro atoms. The molecule has 2 aromatic heterocycles. The number of nitrogens with one attached hydrogen (secondary N) is 4. The van der Waals surface area contributed by atoms with Crippen LogP contribution in [0, 0.1) is 5.92 Å². The van der Waals surface area contributed by atoms with Crippen LogP contribution in [0.2, 0.25) is 0 Å². The van der Waals surface area contributed by atoms with Crippen LogP contribution in [0.4, 0.5) is 17.2 Å². The topological polar surface area (TPSA) is 235 Å². The van der Waals surface area contributed by atoms with Gasteiger partial charge in [0.05, 0.1) is 31.2 Å². The number of benzene rings is 1. The van der Waals surface area contributed by atoms with Gasteiger partial charge in [0.25, 0.3) is 5.91 Å². The van der Waals surface area contributed by atoms with Crippen molar-refractivity contribution in [2.24, 2.45) is 5.92 Å². The number of carbonyl (C=O) groups excluding carboxylic acids is 3. The molecule has 0 atom stereocenters. The van der Waals surface area contributed by atoms with E-state index in [1.165, 1.54) is 49.4 Å². The van der Waals surface area contributed by atoms with Gasteiger partial charge >= 0.3 is 6.10 Å². The number of anilines is 3. The third kappa shape index (κ3) is 9.73. The van der Waals surface area contributed by atoms with Crippen molar-refractivity contribution in [2.45, 2.75) is 32.4 Å². The molecule has 0 unspecified atom stereocenters. The number of aromatic nitrogens is 5. The highest BCUT2D eigenvalue weighted by molar-refractivity contribution is 5.99. The van der Waals surface area contributed by atoms with Gasteiger partial charge in [-0.1, -0.05) is 25.8 Å². The van der Waals surface area contributed by atoms with E-state index >= 15 is 0 Å². The van der Waals surface area contributed by atoms with E-state index in [0.29, 0.717) is 35.6 Å². The van der Waals surface area contributed by atoms with Gasteiger partial charge in [-0.3, -0.25) is 19.7 Å². The van der Waals surface area contributed by atoms with Crippen LogP contribution in [0.25, 0.3) is 11.3 Å². The summed E-state index contributed by atoms with van der Waals surface area (Å²) >= 11 is 0. The van der Waals surface area contributed by atoms with E-state index in [4.69, 9.17) is 24.8 Å². The van der Waals surface area contributed by atoms with E-state index in [-0.39, 0.29) is 30.6 Å². The van der Waals surface area contributed by atoms with Gasteiger partial charge in [0.15, 0.2) is 17.3 Å². The first-order valence-electron chi connectivity index (χ1n) is 12.7. The van der Waals surface area contributed by atoms with E-state index in [1.807, 2.05) is 0 Å². The van der Waals surface area contributed by atoms with Gasteiger partial charge in [-0.05, 0) is 18.1 Å². The molecule has 0 radical (unpaired) electrons. The lowest BCUT2D eigenvalue weighted by Gasteiger charge is -2.18. The fourth-order valence-corrected chi connectivity index (χ4v) is 3.37. The number of hydrogen-bond donors (Lipinski definition) is 7. The predicted octanol–water partition coefficient (Wildman–Crippen LogP) is -0.447. The van der Waals surface area contributed by atoms with Gasteiger partial charge in [-0.25, -0.2) is 0 Å². The summed E-state index contributed by atoms with van der Waals surface area (Å²) in [5.74, 6) is -0.117. The highest BCUT2D eigenvalue weighted by Gasteiger charge is 2.26. The number of methoxy groups -OCH3 is 2. The maximum Gasteiger partial charge on any atom is 0.369 e. The zero-order chi connectivity index (χ0) is 30.7. The number of para-hydroxylation sites is 1. The van der Waals surface area contributed by atoms with E-state index < -0.39 is 17.7 Å². The Kier molecular flexibility index (Phi) is 11.2. The first-order valence-corrected chi connectivity index (χ1v) is 12.7. The molecule has 1 aliphatic carbocycles. The fraction of sp³-hybridized carbons (Fsp3) is 0.400. The van der Waals surface area contributed by atoms with Gasteiger partial charge < -0.3 is 40.7 Å². The van der Waals surface area contributed by atoms with Crippen molar-refractivity contribution in [3.63, 3.8) is 0 Å². The summed E-state index contributed by atoms with van der Waals surface area (Å²) in [7, 11) is 2.83. The van der Waals surface area contributed by atoms with Crippen LogP contribution in [0.1, 0.15) is 30.3 Å². The molecule has 0 saturated heterocycles. The zero-order valence-corrected chi connectivity index (χ0v) is 23.2. The van der Waals surface area contributed by atoms with Crippen LogP contribution in [-0.4, -0.2) is 92.2 Å². The molecule has 4 rings (SSSR count). The molecule has 17 heteroatoms. The molecule has 3 aromatic rings. The largest absolute Gasteiger partial charge is 0.494 e. The molecule has 7 N–H and O–H groups in total. The van der Waals surface area contributed by atoms with Crippen molar-refractivity contribution in [3.05, 3.63) is 36.2 Å². The number of ether oxygens (including phenoxy) is 2. The molecule has 17 nitrogen and oxygen atoms in total. The Morgan fingerprint density at radius 2 is 1.90 bits per heavy atom. The standard InChI is InChI=1S/C21H25N9O8.C4H8/c1-37-10-17(32)22-6-7-30-24-9-15(29-30)12-4-3-5-13(19(12)38-2)25-14-8-16(23-11-31)27-28-18(14)20(33)26-21(34,35)36;1-4-2-3-4/h3-5,8-9,11,34-36H,6-7,10H2,1-2H3,(H,22,32)(H,26,33)(H2,23,25,27,31);4H,2-3H2,1H3. The number of nitrogens with zero attached hydrogens (tertiary/aromatic N) is 5. The van der Waals surface area contributed by atoms with E-state index in [9.17, 15) is 14.4 Å². The van der Waals surface area contributed by atoms with E-state index in [1.54, 1.807) is 18.2 Å². The highest BCUT2D eigenvalue weighted by Crippen LogP contribution is 2.37. The number of amides is 3. The van der Waals surface area contributed by atoms with Crippen molar-refractivity contribution in [1.29, 1.82) is 0 Å². The summed E-state index contributed by atoms with van der Waals surface area (Å²) in [4.78, 5) is 36.2. The van der Waals surface area contributed by atoms with Crippen LogP contribution in [0.3, 0.4) is 0 Å². The van der Waals surface area contributed by atoms with Gasteiger partial charge in [-0.15, -0.1) is 10.2 Å². The Morgan fingerprint density at radius 3 is 2.52 bits per heavy atom. The lowest BCUT2D eigenvalue weighted by atomic mass is 10.1. The molecule has 42 heavy (non-hydrogen) atoms. The first kappa shape index (κ1) is 31.8. The predicted molar refractivity (Wildman–Crippen MR) is 147 cm³/mol. The third-order valence-electron chi connectivity index (χ3n) is 5.57. The molecular formula is C25H33N9O8. The average molecular weight is 588 g/mol. The molecule has 0 aliphatic heterocycles. The molecule has 1 aliphatic rings. The maximum absolute atomic E-state index is 12.4. The minimum absolute atomic E-state index is 0.0297. The maximum atomic E-state index is 12.4. The normalized spacial score (nSPS) is 12.4. The molecule has 0 bridgehead atoms. The summed E-state index contributed by atoms with van der Waals surface area (Å²) in [5.41, 5.74) is 0.808. The summed E-state index contributed by atoms with van der Waals surface area (Å²) in [6.07, 6.45) is 1.31. The van der Waals surface area contributed by atoms with Gasteiger partial charge in [0.2, 0.25) is 12.3 Å². The summed E-state index contributed by atoms with van der Waals surface area (Å²) < 4.78 is 10.3. The Morgan fingerprint density at radius 1 is 1.17 bits per heavy atom. The fourth-order valence-electron chi connectivity index (χ4n) is 3.37. The third-order valence-corrected chi connectivity index (χ3v) is 5.57. The molecule has 1 fully saturated rings. The van der Waals surface area contributed by atoms with Crippen molar-refractivity contribution in [2.75, 3.05) is 38.0 Å². The second-order valence-corrected chi connectivity index (χ2v) is 9.15. The SMILES string of the molecule is CC1CC1.COCC(=O)NCCn1ncc(-c2cccc(Nc3cc(NC=O)nnc3C(=O)NC(O)(O)O)c2OC)n1. The van der Waals surface area contributed by atoms with Crippen LogP contribution < -0.4 is 26.0 Å². The van der Waals surface area contributed by atoms with Crippen LogP contribution >= 0.6 is 0 Å². The van der Waals surface area contributed by atoms with Crippen LogP contribution in [-0.2, 0) is 20.9 Å². The highest BCUT2D eigenvalue weighted by atomic mass is 16.7. The van der Waals surface area contributed by atoms with E-state index in [2.05, 4.69) is 43.3 Å². The van der Waals surface area contributed by atoms with Crippen molar-refractivity contribution in [1.82, 2.24) is 35.8 Å². The Balaban J connectivity index is 0.00000111. The van der Waals surface area contributed by atoms with Crippen LogP contribution in [0.5, 0.6) is 5.75 Å². The molecule has 1 aromatic carbocycles. The summed E-state index contributed by atoms with van der Waals surface area (Å²) in [6.45, 7) is 2.80. The van der Waals surface area contributed by atoms with Crippen molar-refractivity contribution in [3.8, 4) is 17.0 Å². The van der Waals surface area contributed by atoms with E-state index in [0.717, 1.165) is 5.92 Å². The Hall–Kier alpha value is -4.71. The number of hydrogen-bond acceptors (Lipinski definition) is 13. The van der Waals surface area contributed by atoms with Gasteiger partial charge in [0.1, 0.15) is 12.3 Å². The monoisotopic (exact) mass is 587 g/mol. The number of carbonyl (C=O) groups is 3. The Bertz CT molecular complexity index is 1370. The van der Waals surface area contributed by atoms with Crippen LogP contribution in [0.15, 0.2) is 30.5 Å². The second kappa shape index (κ2) is 14.8. The smallest absolute Gasteiger partial charge is 0.369 e. The quantitative estimate of drug-likeness (QED) is 0.0993. The van der Waals surface area contributed by atoms with Crippen molar-refractivity contribution >= 4 is 35.4 Å². The first-order chi connectivity index (χ1) is 20.0. The minimum atomic E-state index is -3.51. The number of aliphatic hydroxyl groups is 3. The summed E-state index contributed by atoms with van der Waals surface area (Å²) in [6, 6.07) is 6.25. The molecule has 1 saturated carbocycles. The lowest BCUT2D eigenvalue weighted by molar-refractivity contribution is -0.323. The second-order valence-electron chi connectivity index (χ2n) is 9.15. The van der Waals surface area contributed by atoms with Gasteiger partial charge in [-0.2, -0.15) is 15.0 Å². The average Bonchev–Trinajstić information content (AvgIpc) is 3.57. The van der Waals surface area contributed by atoms with Gasteiger partial charge in [0, 0.05) is 25.3 Å². The minimum Gasteiger partial charge on any atom is -0.494 e. The number of rotatable bonds is 13. The zero-order valence-electron chi connectivity index (χ0n) is 23.2. The molecule has 3 amide bonds. The summed E-state index contributed by atoms with van der Waals surface area (Å²) in [5, 5.41) is 52.7. The molecular weight excluding hydrogens is 554 g/mol. The Labute approximate surface area is 240 Å². The molecule has 2 heterocycles. The lowest BCUT2D eigenvalue weighted by Crippen LogP contribution is -2.48.